The molecular weight excluding hydrogens is 345 g/mol. The fourth-order valence-corrected chi connectivity index (χ4v) is 3.79. The Labute approximate surface area is 143 Å². The van der Waals surface area contributed by atoms with E-state index in [1.807, 2.05) is 17.5 Å². The molecular formula is C16H18ClF3N2S. The molecule has 1 N–H and O–H groups in total. The fraction of sp³-hybridized carbons (Fsp3) is 0.375. The lowest BCUT2D eigenvalue weighted by Gasteiger charge is -2.35. The second-order valence-corrected chi connectivity index (χ2v) is 6.27. The van der Waals surface area contributed by atoms with Crippen LogP contribution in [-0.4, -0.2) is 31.1 Å². The highest BCUT2D eigenvalue weighted by Gasteiger charge is 2.37. The first-order chi connectivity index (χ1) is 10.6. The monoisotopic (exact) mass is 362 g/mol. The van der Waals surface area contributed by atoms with Crippen molar-refractivity contribution in [2.45, 2.75) is 12.2 Å². The van der Waals surface area contributed by atoms with Crippen LogP contribution in [-0.2, 0) is 6.18 Å². The first-order valence-corrected chi connectivity index (χ1v) is 8.09. The van der Waals surface area contributed by atoms with E-state index in [9.17, 15) is 13.2 Å². The van der Waals surface area contributed by atoms with Gasteiger partial charge in [0.15, 0.2) is 0 Å². The molecule has 3 rings (SSSR count). The molecule has 0 amide bonds. The largest absolute Gasteiger partial charge is 0.416 e. The number of nitrogens with zero attached hydrogens (tertiary/aromatic N) is 1. The van der Waals surface area contributed by atoms with E-state index in [1.165, 1.54) is 23.5 Å². The zero-order valence-corrected chi connectivity index (χ0v) is 14.0. The molecule has 7 heteroatoms. The summed E-state index contributed by atoms with van der Waals surface area (Å²) in [4.78, 5) is 3.09. The number of nitrogens with one attached hydrogen (secondary N) is 1. The lowest BCUT2D eigenvalue weighted by Crippen LogP contribution is -2.45. The number of benzene rings is 1. The van der Waals surface area contributed by atoms with Crippen LogP contribution in [0.25, 0.3) is 0 Å². The summed E-state index contributed by atoms with van der Waals surface area (Å²) in [6.07, 6.45) is -4.33. The Hall–Kier alpha value is -1.08. The van der Waals surface area contributed by atoms with Crippen LogP contribution in [0, 0.1) is 0 Å². The van der Waals surface area contributed by atoms with Crippen LogP contribution in [0.3, 0.4) is 0 Å². The van der Waals surface area contributed by atoms with Crippen LogP contribution in [0.2, 0.25) is 0 Å². The number of alkyl halides is 3. The molecule has 2 heterocycles. The molecule has 2 nitrogen and oxygen atoms in total. The highest BCUT2D eigenvalue weighted by molar-refractivity contribution is 7.10. The summed E-state index contributed by atoms with van der Waals surface area (Å²) in [7, 11) is 0. The summed E-state index contributed by atoms with van der Waals surface area (Å²) in [5.41, 5.74) is -0.189. The highest BCUT2D eigenvalue weighted by atomic mass is 35.5. The van der Waals surface area contributed by atoms with Crippen LogP contribution < -0.4 is 5.32 Å². The van der Waals surface area contributed by atoms with E-state index in [2.05, 4.69) is 10.2 Å². The summed E-state index contributed by atoms with van der Waals surface area (Å²) < 4.78 is 40.2. The van der Waals surface area contributed by atoms with E-state index in [1.54, 1.807) is 12.1 Å². The van der Waals surface area contributed by atoms with Gasteiger partial charge in [-0.25, -0.2) is 0 Å². The van der Waals surface area contributed by atoms with Crippen LogP contribution in [0.4, 0.5) is 13.2 Å². The van der Waals surface area contributed by atoms with Crippen LogP contribution in [0.5, 0.6) is 0 Å². The molecule has 2 aromatic rings. The normalized spacial score (nSPS) is 17.5. The fourth-order valence-electron chi connectivity index (χ4n) is 2.91. The van der Waals surface area contributed by atoms with E-state index in [0.29, 0.717) is 5.56 Å². The summed E-state index contributed by atoms with van der Waals surface area (Å²) in [6.45, 7) is 3.09. The molecule has 1 aliphatic heterocycles. The lowest BCUT2D eigenvalue weighted by atomic mass is 9.96. The van der Waals surface area contributed by atoms with Crippen molar-refractivity contribution in [2.24, 2.45) is 0 Å². The predicted octanol–water partition coefficient (Wildman–Crippen LogP) is 4.18. The molecule has 1 atom stereocenters. The molecule has 1 saturated heterocycles. The summed E-state index contributed by atoms with van der Waals surface area (Å²) in [6, 6.07) is 9.41. The highest BCUT2D eigenvalue weighted by Crippen LogP contribution is 2.40. The number of rotatable bonds is 3. The van der Waals surface area contributed by atoms with Crippen LogP contribution in [0.15, 0.2) is 41.8 Å². The number of piperazine rings is 1. The number of hydrogen-bond donors (Lipinski definition) is 1. The van der Waals surface area contributed by atoms with Gasteiger partial charge in [0.05, 0.1) is 11.6 Å². The second-order valence-electron chi connectivity index (χ2n) is 5.29. The SMILES string of the molecule is Cl.FC(F)(F)c1ccccc1[C@@H](c1cccs1)N1CCNCC1. The molecule has 126 valence electrons. The third-order valence-electron chi connectivity index (χ3n) is 3.89. The van der Waals surface area contributed by atoms with E-state index < -0.39 is 11.7 Å². The topological polar surface area (TPSA) is 15.3 Å². The lowest BCUT2D eigenvalue weighted by molar-refractivity contribution is -0.138. The minimum absolute atomic E-state index is 0. The van der Waals surface area contributed by atoms with Crippen molar-refractivity contribution in [3.8, 4) is 0 Å². The first-order valence-electron chi connectivity index (χ1n) is 7.21. The predicted molar refractivity (Wildman–Crippen MR) is 89.3 cm³/mol. The quantitative estimate of drug-likeness (QED) is 0.881. The van der Waals surface area contributed by atoms with E-state index in [4.69, 9.17) is 0 Å². The average molecular weight is 363 g/mol. The first kappa shape index (κ1) is 18.3. The smallest absolute Gasteiger partial charge is 0.314 e. The molecule has 23 heavy (non-hydrogen) atoms. The molecule has 0 unspecified atom stereocenters. The van der Waals surface area contributed by atoms with Gasteiger partial charge in [-0.2, -0.15) is 13.2 Å². The molecule has 1 aliphatic rings. The second kappa shape index (κ2) is 7.66. The Morgan fingerprint density at radius 1 is 1.04 bits per heavy atom. The van der Waals surface area contributed by atoms with E-state index in [0.717, 1.165) is 31.1 Å². The van der Waals surface area contributed by atoms with Gasteiger partial charge in [0.25, 0.3) is 0 Å². The molecule has 1 fully saturated rings. The molecule has 0 saturated carbocycles. The van der Waals surface area contributed by atoms with Crippen LogP contribution in [0.1, 0.15) is 22.0 Å². The Morgan fingerprint density at radius 2 is 1.74 bits per heavy atom. The van der Waals surface area contributed by atoms with Crippen molar-refractivity contribution in [3.63, 3.8) is 0 Å². The maximum absolute atomic E-state index is 13.4. The standard InChI is InChI=1S/C16H17F3N2S.ClH/c17-16(18,19)13-5-2-1-4-12(13)15(14-6-3-11-22-14)21-9-7-20-8-10-21;/h1-6,11,15,20H,7-10H2;1H/t15-;/m0./s1. The van der Waals surface area contributed by atoms with Gasteiger partial charge >= 0.3 is 6.18 Å². The van der Waals surface area contributed by atoms with Crippen molar-refractivity contribution in [2.75, 3.05) is 26.2 Å². The van der Waals surface area contributed by atoms with Crippen LogP contribution >= 0.6 is 23.7 Å². The molecule has 1 aromatic carbocycles. The molecule has 0 bridgehead atoms. The Morgan fingerprint density at radius 3 is 2.35 bits per heavy atom. The number of thiophene rings is 1. The Bertz CT molecular complexity index is 610. The summed E-state index contributed by atoms with van der Waals surface area (Å²) in [5.74, 6) is 0. The number of hydrogen-bond acceptors (Lipinski definition) is 3. The van der Waals surface area contributed by atoms with E-state index in [-0.39, 0.29) is 18.4 Å². The Balaban J connectivity index is 0.00000192. The maximum atomic E-state index is 13.4. The van der Waals surface area contributed by atoms with Crippen molar-refractivity contribution in [1.82, 2.24) is 10.2 Å². The van der Waals surface area contributed by atoms with Gasteiger partial charge in [-0.1, -0.05) is 24.3 Å². The summed E-state index contributed by atoms with van der Waals surface area (Å²) >= 11 is 1.51. The van der Waals surface area contributed by atoms with Gasteiger partial charge in [0.1, 0.15) is 0 Å². The third kappa shape index (κ3) is 4.07. The van der Waals surface area contributed by atoms with Gasteiger partial charge in [0, 0.05) is 31.1 Å². The van der Waals surface area contributed by atoms with Gasteiger partial charge in [-0.3, -0.25) is 4.90 Å². The minimum atomic E-state index is -4.33. The molecule has 1 aromatic heterocycles. The Kier molecular flexibility index (Phi) is 6.08. The van der Waals surface area contributed by atoms with Gasteiger partial charge in [-0.05, 0) is 23.1 Å². The zero-order valence-electron chi connectivity index (χ0n) is 12.3. The molecule has 0 aliphatic carbocycles. The number of halogens is 4. The minimum Gasteiger partial charge on any atom is -0.314 e. The zero-order chi connectivity index (χ0) is 15.6. The maximum Gasteiger partial charge on any atom is 0.416 e. The van der Waals surface area contributed by atoms with Gasteiger partial charge in [-0.15, -0.1) is 23.7 Å². The average Bonchev–Trinajstić information content (AvgIpc) is 3.02. The van der Waals surface area contributed by atoms with Crippen molar-refractivity contribution >= 4 is 23.7 Å². The van der Waals surface area contributed by atoms with Crippen molar-refractivity contribution in [3.05, 3.63) is 57.8 Å². The van der Waals surface area contributed by atoms with Gasteiger partial charge < -0.3 is 5.32 Å². The molecule has 0 radical (unpaired) electrons. The molecule has 0 spiro atoms. The summed E-state index contributed by atoms with van der Waals surface area (Å²) in [5, 5.41) is 5.17. The van der Waals surface area contributed by atoms with Gasteiger partial charge in [0.2, 0.25) is 0 Å². The third-order valence-corrected chi connectivity index (χ3v) is 4.81. The van der Waals surface area contributed by atoms with E-state index >= 15 is 0 Å². The van der Waals surface area contributed by atoms with Crippen molar-refractivity contribution in [1.29, 1.82) is 0 Å². The van der Waals surface area contributed by atoms with Crippen molar-refractivity contribution < 1.29 is 13.2 Å².